The van der Waals surface area contributed by atoms with Gasteiger partial charge in [-0.25, -0.2) is 8.78 Å². The van der Waals surface area contributed by atoms with Crippen LogP contribution in [0.3, 0.4) is 0 Å². The van der Waals surface area contributed by atoms with Crippen molar-refractivity contribution in [3.05, 3.63) is 62.3 Å². The molecule has 2 aromatic carbocycles. The normalized spacial score (nSPS) is 10.6. The topological polar surface area (TPSA) is 9.23 Å². The van der Waals surface area contributed by atoms with E-state index in [0.717, 1.165) is 6.07 Å². The molecule has 0 N–H and O–H groups in total. The van der Waals surface area contributed by atoms with Gasteiger partial charge in [0, 0.05) is 14.5 Å². The molecular formula is C13H7Br2F3O. The Hall–Kier alpha value is -1.01. The summed E-state index contributed by atoms with van der Waals surface area (Å²) < 4.78 is 46.1. The molecule has 6 heteroatoms. The summed E-state index contributed by atoms with van der Waals surface area (Å²) in [4.78, 5) is 0. The molecule has 100 valence electrons. The third-order valence-corrected chi connectivity index (χ3v) is 3.31. The van der Waals surface area contributed by atoms with Gasteiger partial charge in [-0.1, -0.05) is 37.9 Å². The first-order chi connectivity index (χ1) is 8.97. The van der Waals surface area contributed by atoms with Crippen LogP contribution in [0.1, 0.15) is 5.56 Å². The van der Waals surface area contributed by atoms with Crippen molar-refractivity contribution < 1.29 is 17.9 Å². The average Bonchev–Trinajstić information content (AvgIpc) is 2.33. The Balaban J connectivity index is 2.19. The summed E-state index contributed by atoms with van der Waals surface area (Å²) in [5.74, 6) is -2.87. The fourth-order valence-electron chi connectivity index (χ4n) is 1.43. The molecule has 0 aromatic heterocycles. The first-order valence-corrected chi connectivity index (χ1v) is 6.77. The number of benzene rings is 2. The minimum atomic E-state index is -1.10. The lowest BCUT2D eigenvalue weighted by molar-refractivity contribution is 0.279. The standard InChI is InChI=1S/C13H7Br2F3O/c14-8-2-1-7(10(16)3-8)6-19-12-5-9(15)4-11(17)13(12)18/h1-5H,6H2. The molecule has 2 rings (SSSR count). The molecule has 0 radical (unpaired) electrons. The molecule has 0 fully saturated rings. The minimum Gasteiger partial charge on any atom is -0.486 e. The van der Waals surface area contributed by atoms with Gasteiger partial charge in [-0.15, -0.1) is 0 Å². The summed E-state index contributed by atoms with van der Waals surface area (Å²) in [6, 6.07) is 6.69. The third kappa shape index (κ3) is 3.51. The van der Waals surface area contributed by atoms with E-state index >= 15 is 0 Å². The van der Waals surface area contributed by atoms with E-state index in [2.05, 4.69) is 31.9 Å². The summed E-state index contributed by atoms with van der Waals surface area (Å²) in [6.07, 6.45) is 0. The highest BCUT2D eigenvalue weighted by molar-refractivity contribution is 9.10. The molecule has 0 amide bonds. The summed E-state index contributed by atoms with van der Waals surface area (Å²) >= 11 is 6.16. The van der Waals surface area contributed by atoms with Crippen molar-refractivity contribution in [2.75, 3.05) is 0 Å². The molecule has 0 unspecified atom stereocenters. The van der Waals surface area contributed by atoms with Crippen LogP contribution in [-0.4, -0.2) is 0 Å². The van der Waals surface area contributed by atoms with Gasteiger partial charge in [0.1, 0.15) is 12.4 Å². The number of hydrogen-bond acceptors (Lipinski definition) is 1. The Morgan fingerprint density at radius 2 is 1.58 bits per heavy atom. The van der Waals surface area contributed by atoms with Crippen molar-refractivity contribution in [1.82, 2.24) is 0 Å². The maximum absolute atomic E-state index is 13.5. The van der Waals surface area contributed by atoms with Crippen LogP contribution in [0.15, 0.2) is 39.3 Å². The first kappa shape index (κ1) is 14.4. The van der Waals surface area contributed by atoms with Gasteiger partial charge < -0.3 is 4.74 Å². The minimum absolute atomic E-state index is 0.189. The van der Waals surface area contributed by atoms with Crippen molar-refractivity contribution in [2.24, 2.45) is 0 Å². The highest BCUT2D eigenvalue weighted by Crippen LogP contribution is 2.26. The highest BCUT2D eigenvalue weighted by Gasteiger charge is 2.12. The van der Waals surface area contributed by atoms with Crippen LogP contribution in [0.5, 0.6) is 5.75 Å². The van der Waals surface area contributed by atoms with E-state index in [-0.39, 0.29) is 17.9 Å². The van der Waals surface area contributed by atoms with Crippen LogP contribution in [-0.2, 0) is 6.61 Å². The van der Waals surface area contributed by atoms with Crippen LogP contribution in [0.2, 0.25) is 0 Å². The Morgan fingerprint density at radius 1 is 0.895 bits per heavy atom. The maximum Gasteiger partial charge on any atom is 0.200 e. The number of ether oxygens (including phenoxy) is 1. The Kier molecular flexibility index (Phi) is 4.52. The molecule has 19 heavy (non-hydrogen) atoms. The molecule has 0 aliphatic carbocycles. The fourth-order valence-corrected chi connectivity index (χ4v) is 2.17. The van der Waals surface area contributed by atoms with Crippen molar-refractivity contribution in [3.63, 3.8) is 0 Å². The maximum atomic E-state index is 13.5. The van der Waals surface area contributed by atoms with E-state index in [0.29, 0.717) is 8.95 Å². The van der Waals surface area contributed by atoms with Gasteiger partial charge in [0.25, 0.3) is 0 Å². The van der Waals surface area contributed by atoms with E-state index in [4.69, 9.17) is 4.74 Å². The Morgan fingerprint density at radius 3 is 2.26 bits per heavy atom. The Labute approximate surface area is 124 Å². The first-order valence-electron chi connectivity index (χ1n) is 5.18. The van der Waals surface area contributed by atoms with Gasteiger partial charge in [-0.05, 0) is 24.3 Å². The average molecular weight is 396 g/mol. The van der Waals surface area contributed by atoms with Crippen LogP contribution >= 0.6 is 31.9 Å². The quantitative estimate of drug-likeness (QED) is 0.648. The van der Waals surface area contributed by atoms with Crippen molar-refractivity contribution in [2.45, 2.75) is 6.61 Å². The lowest BCUT2D eigenvalue weighted by Gasteiger charge is -2.09. The Bertz CT molecular complexity index is 617. The van der Waals surface area contributed by atoms with Crippen LogP contribution in [0, 0.1) is 17.5 Å². The number of hydrogen-bond donors (Lipinski definition) is 0. The largest absolute Gasteiger partial charge is 0.486 e. The lowest BCUT2D eigenvalue weighted by atomic mass is 10.2. The van der Waals surface area contributed by atoms with E-state index in [1.807, 2.05) is 0 Å². The van der Waals surface area contributed by atoms with E-state index < -0.39 is 17.5 Å². The van der Waals surface area contributed by atoms with E-state index in [9.17, 15) is 13.2 Å². The fraction of sp³-hybridized carbons (Fsp3) is 0.0769. The van der Waals surface area contributed by atoms with Gasteiger partial charge in [0.15, 0.2) is 11.6 Å². The summed E-state index contributed by atoms with van der Waals surface area (Å²) in [6.45, 7) is -0.189. The molecule has 0 spiro atoms. The molecule has 0 bridgehead atoms. The lowest BCUT2D eigenvalue weighted by Crippen LogP contribution is -2.01. The molecule has 0 saturated carbocycles. The van der Waals surface area contributed by atoms with Gasteiger partial charge >= 0.3 is 0 Å². The zero-order valence-corrected chi connectivity index (χ0v) is 12.6. The SMILES string of the molecule is Fc1cc(Br)ccc1COc1cc(Br)cc(F)c1F. The molecule has 0 aliphatic heterocycles. The molecule has 0 atom stereocenters. The second-order valence-corrected chi connectivity index (χ2v) is 5.56. The van der Waals surface area contributed by atoms with E-state index in [1.54, 1.807) is 6.07 Å². The second kappa shape index (κ2) is 5.96. The zero-order valence-electron chi connectivity index (χ0n) is 9.39. The molecule has 0 saturated heterocycles. The smallest absolute Gasteiger partial charge is 0.200 e. The van der Waals surface area contributed by atoms with Crippen molar-refractivity contribution in [1.29, 1.82) is 0 Å². The number of rotatable bonds is 3. The van der Waals surface area contributed by atoms with Gasteiger partial charge in [-0.2, -0.15) is 4.39 Å². The van der Waals surface area contributed by atoms with Crippen LogP contribution in [0.25, 0.3) is 0 Å². The highest BCUT2D eigenvalue weighted by atomic mass is 79.9. The molecular weight excluding hydrogens is 389 g/mol. The van der Waals surface area contributed by atoms with Crippen molar-refractivity contribution in [3.8, 4) is 5.75 Å². The monoisotopic (exact) mass is 394 g/mol. The summed E-state index contributed by atoms with van der Waals surface area (Å²) in [7, 11) is 0. The molecule has 0 heterocycles. The van der Waals surface area contributed by atoms with Gasteiger partial charge in [-0.3, -0.25) is 0 Å². The predicted octanol–water partition coefficient (Wildman–Crippen LogP) is 5.21. The molecule has 0 aliphatic rings. The summed E-state index contributed by atoms with van der Waals surface area (Å²) in [5, 5.41) is 0. The third-order valence-electron chi connectivity index (χ3n) is 2.36. The van der Waals surface area contributed by atoms with E-state index in [1.165, 1.54) is 18.2 Å². The van der Waals surface area contributed by atoms with Gasteiger partial charge in [0.2, 0.25) is 5.82 Å². The zero-order chi connectivity index (χ0) is 14.0. The van der Waals surface area contributed by atoms with Gasteiger partial charge in [0.05, 0.1) is 0 Å². The van der Waals surface area contributed by atoms with Crippen molar-refractivity contribution >= 4 is 31.9 Å². The predicted molar refractivity (Wildman–Crippen MR) is 72.5 cm³/mol. The van der Waals surface area contributed by atoms with Crippen LogP contribution in [0.4, 0.5) is 13.2 Å². The molecule has 2 aromatic rings. The molecule has 1 nitrogen and oxygen atoms in total. The second-order valence-electron chi connectivity index (χ2n) is 3.72. The van der Waals surface area contributed by atoms with Crippen LogP contribution < -0.4 is 4.74 Å². The summed E-state index contributed by atoms with van der Waals surface area (Å²) in [5.41, 5.74) is 0.253. The number of halogens is 5.